The number of ether oxygens (including phenoxy) is 1. The van der Waals surface area contributed by atoms with E-state index < -0.39 is 33.5 Å². The zero-order valence-electron chi connectivity index (χ0n) is 14.8. The predicted octanol–water partition coefficient (Wildman–Crippen LogP) is 3.27. The van der Waals surface area contributed by atoms with Crippen LogP contribution in [0.2, 0.25) is 0 Å². The van der Waals surface area contributed by atoms with E-state index in [2.05, 4.69) is 10.6 Å². The molecule has 146 valence electrons. The Kier molecular flexibility index (Phi) is 6.73. The van der Waals surface area contributed by atoms with Crippen molar-refractivity contribution in [3.05, 3.63) is 59.7 Å². The molecule has 0 heterocycles. The molecular formula is C18H20F2N2O4S. The monoisotopic (exact) mass is 398 g/mol. The molecule has 0 radical (unpaired) electrons. The average Bonchev–Trinajstić information content (AvgIpc) is 2.56. The maximum Gasteiger partial charge on any atom is 0.319 e. The van der Waals surface area contributed by atoms with Gasteiger partial charge >= 0.3 is 6.03 Å². The number of urea groups is 1. The van der Waals surface area contributed by atoms with Crippen molar-refractivity contribution in [1.82, 2.24) is 5.32 Å². The molecule has 2 amide bonds. The van der Waals surface area contributed by atoms with Crippen LogP contribution in [0.5, 0.6) is 5.75 Å². The summed E-state index contributed by atoms with van der Waals surface area (Å²) in [5, 5.41) is 5.21. The Morgan fingerprint density at radius 3 is 2.56 bits per heavy atom. The molecule has 27 heavy (non-hydrogen) atoms. The number of amides is 2. The van der Waals surface area contributed by atoms with E-state index in [1.54, 1.807) is 31.2 Å². The van der Waals surface area contributed by atoms with E-state index >= 15 is 0 Å². The summed E-state index contributed by atoms with van der Waals surface area (Å²) in [5.74, 6) is -1.65. The molecule has 0 aromatic heterocycles. The number of rotatable bonds is 7. The average molecular weight is 398 g/mol. The van der Waals surface area contributed by atoms with Crippen LogP contribution in [0, 0.1) is 11.6 Å². The highest BCUT2D eigenvalue weighted by Gasteiger charge is 2.12. The summed E-state index contributed by atoms with van der Waals surface area (Å²) < 4.78 is 53.8. The minimum absolute atomic E-state index is 0.00163. The lowest BCUT2D eigenvalue weighted by Crippen LogP contribution is -2.31. The molecule has 2 N–H and O–H groups in total. The van der Waals surface area contributed by atoms with Crippen LogP contribution in [-0.2, 0) is 9.84 Å². The first-order valence-corrected chi connectivity index (χ1v) is 10.1. The highest BCUT2D eigenvalue weighted by atomic mass is 32.2. The van der Waals surface area contributed by atoms with Crippen molar-refractivity contribution in [2.45, 2.75) is 13.0 Å². The Bertz CT molecular complexity index is 919. The Morgan fingerprint density at radius 2 is 1.89 bits per heavy atom. The van der Waals surface area contributed by atoms with Gasteiger partial charge in [-0.2, -0.15) is 0 Å². The van der Waals surface area contributed by atoms with Gasteiger partial charge in [-0.05, 0) is 36.8 Å². The Hall–Kier alpha value is -2.68. The van der Waals surface area contributed by atoms with Gasteiger partial charge in [0.1, 0.15) is 12.4 Å². The summed E-state index contributed by atoms with van der Waals surface area (Å²) in [6.45, 7) is 1.64. The van der Waals surface area contributed by atoms with E-state index in [-0.39, 0.29) is 12.4 Å². The number of nitrogens with one attached hydrogen (secondary N) is 2. The Labute approximate surface area is 156 Å². The van der Waals surface area contributed by atoms with Gasteiger partial charge < -0.3 is 15.4 Å². The van der Waals surface area contributed by atoms with Crippen LogP contribution in [0.15, 0.2) is 42.5 Å². The number of carbonyl (C=O) groups excluding carboxylic acids is 1. The fourth-order valence-electron chi connectivity index (χ4n) is 2.20. The highest BCUT2D eigenvalue weighted by Crippen LogP contribution is 2.19. The number of hydrogen-bond acceptors (Lipinski definition) is 4. The predicted molar refractivity (Wildman–Crippen MR) is 98.6 cm³/mol. The number of halogens is 2. The fraction of sp³-hybridized carbons (Fsp3) is 0.278. The number of benzene rings is 2. The lowest BCUT2D eigenvalue weighted by atomic mass is 10.1. The van der Waals surface area contributed by atoms with Gasteiger partial charge in [-0.3, -0.25) is 0 Å². The second kappa shape index (κ2) is 8.81. The molecule has 2 aromatic rings. The molecule has 0 spiro atoms. The molecule has 0 saturated heterocycles. The molecule has 0 bridgehead atoms. The minimum Gasteiger partial charge on any atom is -0.492 e. The summed E-state index contributed by atoms with van der Waals surface area (Å²) in [6, 6.07) is 8.78. The third-order valence-electron chi connectivity index (χ3n) is 3.61. The fourth-order valence-corrected chi connectivity index (χ4v) is 2.59. The van der Waals surface area contributed by atoms with Crippen LogP contribution in [0.25, 0.3) is 0 Å². The van der Waals surface area contributed by atoms with Crippen molar-refractivity contribution in [3.63, 3.8) is 0 Å². The molecule has 1 unspecified atom stereocenters. The van der Waals surface area contributed by atoms with E-state index in [4.69, 9.17) is 4.74 Å². The molecule has 9 heteroatoms. The normalized spacial score (nSPS) is 12.3. The first-order chi connectivity index (χ1) is 12.6. The van der Waals surface area contributed by atoms with Gasteiger partial charge in [0, 0.05) is 18.0 Å². The molecule has 0 aliphatic carbocycles. The number of carbonyl (C=O) groups is 1. The van der Waals surface area contributed by atoms with Crippen molar-refractivity contribution < 1.29 is 26.7 Å². The van der Waals surface area contributed by atoms with Gasteiger partial charge in [0.15, 0.2) is 21.5 Å². The van der Waals surface area contributed by atoms with Crippen LogP contribution in [0.4, 0.5) is 19.3 Å². The zero-order valence-corrected chi connectivity index (χ0v) is 15.6. The second-order valence-corrected chi connectivity index (χ2v) is 8.26. The summed E-state index contributed by atoms with van der Waals surface area (Å²) in [5.41, 5.74) is 0.851. The maximum absolute atomic E-state index is 13.3. The van der Waals surface area contributed by atoms with Crippen LogP contribution in [0.1, 0.15) is 18.5 Å². The third kappa shape index (κ3) is 6.86. The zero-order chi connectivity index (χ0) is 20.0. The van der Waals surface area contributed by atoms with Gasteiger partial charge in [-0.15, -0.1) is 0 Å². The van der Waals surface area contributed by atoms with E-state index in [1.807, 2.05) is 0 Å². The van der Waals surface area contributed by atoms with Gasteiger partial charge in [0.2, 0.25) is 0 Å². The molecule has 6 nitrogen and oxygen atoms in total. The standard InChI is InChI=1S/C18H20F2N2O4S/c1-12(13-6-7-16(19)17(20)10-13)21-18(23)22-14-4-3-5-15(11-14)26-8-9-27(2,24)25/h3-7,10-12H,8-9H2,1-2H3,(H2,21,22,23). The topological polar surface area (TPSA) is 84.5 Å². The SMILES string of the molecule is CC(NC(=O)Nc1cccc(OCCS(C)(=O)=O)c1)c1ccc(F)c(F)c1. The molecule has 0 fully saturated rings. The number of anilines is 1. The van der Waals surface area contributed by atoms with E-state index in [0.29, 0.717) is 17.0 Å². The molecule has 2 aromatic carbocycles. The molecule has 0 aliphatic heterocycles. The third-order valence-corrected chi connectivity index (χ3v) is 4.51. The summed E-state index contributed by atoms with van der Waals surface area (Å²) >= 11 is 0. The largest absolute Gasteiger partial charge is 0.492 e. The van der Waals surface area contributed by atoms with Crippen molar-refractivity contribution in [2.75, 3.05) is 23.9 Å². The van der Waals surface area contributed by atoms with Gasteiger partial charge in [0.25, 0.3) is 0 Å². The van der Waals surface area contributed by atoms with Crippen LogP contribution >= 0.6 is 0 Å². The van der Waals surface area contributed by atoms with Gasteiger partial charge in [-0.25, -0.2) is 22.0 Å². The van der Waals surface area contributed by atoms with Crippen molar-refractivity contribution in [2.24, 2.45) is 0 Å². The number of hydrogen-bond donors (Lipinski definition) is 2. The molecule has 0 saturated carbocycles. The first kappa shape index (κ1) is 20.6. The van der Waals surface area contributed by atoms with Gasteiger partial charge in [0.05, 0.1) is 11.8 Å². The van der Waals surface area contributed by atoms with E-state index in [0.717, 1.165) is 18.4 Å². The minimum atomic E-state index is -3.12. The summed E-state index contributed by atoms with van der Waals surface area (Å²) in [4.78, 5) is 12.1. The molecule has 0 aliphatic rings. The summed E-state index contributed by atoms with van der Waals surface area (Å²) in [7, 11) is -3.12. The molecule has 1 atom stereocenters. The van der Waals surface area contributed by atoms with Crippen molar-refractivity contribution in [3.8, 4) is 5.75 Å². The van der Waals surface area contributed by atoms with Gasteiger partial charge in [-0.1, -0.05) is 12.1 Å². The smallest absolute Gasteiger partial charge is 0.319 e. The van der Waals surface area contributed by atoms with Crippen LogP contribution < -0.4 is 15.4 Å². The highest BCUT2D eigenvalue weighted by molar-refractivity contribution is 7.90. The van der Waals surface area contributed by atoms with Crippen LogP contribution in [-0.4, -0.2) is 33.1 Å². The van der Waals surface area contributed by atoms with Crippen molar-refractivity contribution >= 4 is 21.6 Å². The first-order valence-electron chi connectivity index (χ1n) is 8.07. The summed E-state index contributed by atoms with van der Waals surface area (Å²) in [6.07, 6.45) is 1.12. The Balaban J connectivity index is 1.93. The van der Waals surface area contributed by atoms with E-state index in [1.165, 1.54) is 6.07 Å². The molecular weight excluding hydrogens is 378 g/mol. The van der Waals surface area contributed by atoms with E-state index in [9.17, 15) is 22.0 Å². The number of sulfone groups is 1. The molecule has 2 rings (SSSR count). The van der Waals surface area contributed by atoms with Crippen molar-refractivity contribution in [1.29, 1.82) is 0 Å². The second-order valence-electron chi connectivity index (χ2n) is 6.00. The maximum atomic E-state index is 13.3. The quantitative estimate of drug-likeness (QED) is 0.750. The lowest BCUT2D eigenvalue weighted by molar-refractivity contribution is 0.249. The Morgan fingerprint density at radius 1 is 1.15 bits per heavy atom. The van der Waals surface area contributed by atoms with Crippen LogP contribution in [0.3, 0.4) is 0 Å². The lowest BCUT2D eigenvalue weighted by Gasteiger charge is -2.15.